The number of carbonyl (C=O) groups is 2. The molecule has 1 atom stereocenters. The minimum absolute atomic E-state index is 0.0991. The number of thiazole rings is 1. The third kappa shape index (κ3) is 4.04. The molecule has 3 aromatic rings. The summed E-state index contributed by atoms with van der Waals surface area (Å²) in [6.45, 7) is 4.13. The van der Waals surface area contributed by atoms with Gasteiger partial charge in [-0.05, 0) is 43.7 Å². The molecule has 1 N–H and O–H groups in total. The van der Waals surface area contributed by atoms with E-state index in [0.29, 0.717) is 22.9 Å². The van der Waals surface area contributed by atoms with Crippen molar-refractivity contribution < 1.29 is 14.3 Å². The molecular weight excluding hydrogens is 422 g/mol. The fraction of sp³-hybridized carbons (Fsp3) is 0.227. The summed E-state index contributed by atoms with van der Waals surface area (Å²) < 4.78 is 5.75. The van der Waals surface area contributed by atoms with Crippen molar-refractivity contribution in [1.82, 2.24) is 15.2 Å². The summed E-state index contributed by atoms with van der Waals surface area (Å²) in [4.78, 5) is 31.3. The van der Waals surface area contributed by atoms with Gasteiger partial charge in [-0.2, -0.15) is 0 Å². The maximum Gasteiger partial charge on any atom is 0.325 e. The van der Waals surface area contributed by atoms with Gasteiger partial charge in [0.05, 0.1) is 12.2 Å². The van der Waals surface area contributed by atoms with E-state index in [1.54, 1.807) is 31.2 Å². The van der Waals surface area contributed by atoms with E-state index < -0.39 is 11.6 Å². The van der Waals surface area contributed by atoms with Crippen molar-refractivity contribution >= 4 is 34.9 Å². The molecule has 0 aliphatic carbocycles. The lowest BCUT2D eigenvalue weighted by Gasteiger charge is -2.22. The van der Waals surface area contributed by atoms with Gasteiger partial charge in [0.2, 0.25) is 0 Å². The van der Waals surface area contributed by atoms with E-state index in [2.05, 4.69) is 10.3 Å². The molecule has 154 valence electrons. The fourth-order valence-electron chi connectivity index (χ4n) is 3.27. The maximum absolute atomic E-state index is 13.0. The number of aromatic nitrogens is 1. The molecule has 0 spiro atoms. The number of benzene rings is 2. The lowest BCUT2D eigenvalue weighted by atomic mass is 9.92. The molecule has 1 aromatic heterocycles. The lowest BCUT2D eigenvalue weighted by molar-refractivity contribution is -0.131. The van der Waals surface area contributed by atoms with E-state index in [0.717, 1.165) is 16.3 Å². The number of urea groups is 1. The van der Waals surface area contributed by atoms with E-state index in [-0.39, 0.29) is 12.5 Å². The van der Waals surface area contributed by atoms with E-state index >= 15 is 0 Å². The Balaban J connectivity index is 1.44. The molecule has 6 nitrogen and oxygen atoms in total. The normalized spacial score (nSPS) is 18.6. The standard InChI is InChI=1S/C22H20ClN3O3S/c1-14-6-8-18(9-7-14)29-12-19-24-17(13-30-19)11-26-20(27)22(2,25-21(26)28)15-4-3-5-16(23)10-15/h3-10,13H,11-12H2,1-2H3,(H,25,28). The Morgan fingerprint density at radius 2 is 1.97 bits per heavy atom. The molecule has 0 saturated carbocycles. The minimum Gasteiger partial charge on any atom is -0.486 e. The molecule has 0 radical (unpaired) electrons. The van der Waals surface area contributed by atoms with Gasteiger partial charge in [0.15, 0.2) is 0 Å². The van der Waals surface area contributed by atoms with Gasteiger partial charge in [-0.25, -0.2) is 9.78 Å². The number of carbonyl (C=O) groups excluding carboxylic acids is 2. The van der Waals surface area contributed by atoms with Crippen LogP contribution in [0.5, 0.6) is 5.75 Å². The summed E-state index contributed by atoms with van der Waals surface area (Å²) in [6.07, 6.45) is 0. The van der Waals surface area contributed by atoms with Gasteiger partial charge < -0.3 is 10.1 Å². The predicted octanol–water partition coefficient (Wildman–Crippen LogP) is 4.65. The number of rotatable bonds is 6. The topological polar surface area (TPSA) is 71.5 Å². The van der Waals surface area contributed by atoms with Crippen LogP contribution in [0.25, 0.3) is 0 Å². The van der Waals surface area contributed by atoms with Crippen molar-refractivity contribution in [2.75, 3.05) is 0 Å². The molecule has 3 amide bonds. The van der Waals surface area contributed by atoms with Crippen LogP contribution in [0.2, 0.25) is 5.02 Å². The average molecular weight is 442 g/mol. The fourth-order valence-corrected chi connectivity index (χ4v) is 4.15. The van der Waals surface area contributed by atoms with Gasteiger partial charge >= 0.3 is 6.03 Å². The van der Waals surface area contributed by atoms with E-state index in [1.807, 2.05) is 36.6 Å². The highest BCUT2D eigenvalue weighted by Crippen LogP contribution is 2.31. The molecule has 1 fully saturated rings. The zero-order valence-corrected chi connectivity index (χ0v) is 18.1. The highest BCUT2D eigenvalue weighted by molar-refractivity contribution is 7.09. The summed E-state index contributed by atoms with van der Waals surface area (Å²) in [5.74, 6) is 0.434. The number of nitrogens with zero attached hydrogens (tertiary/aromatic N) is 2. The van der Waals surface area contributed by atoms with E-state index in [1.165, 1.54) is 16.2 Å². The summed E-state index contributed by atoms with van der Waals surface area (Å²) >= 11 is 7.49. The van der Waals surface area contributed by atoms with Crippen LogP contribution in [-0.2, 0) is 23.5 Å². The van der Waals surface area contributed by atoms with Crippen LogP contribution in [0.1, 0.15) is 28.8 Å². The van der Waals surface area contributed by atoms with Gasteiger partial charge in [0, 0.05) is 10.4 Å². The Morgan fingerprint density at radius 3 is 2.70 bits per heavy atom. The molecule has 2 aromatic carbocycles. The van der Waals surface area contributed by atoms with Gasteiger partial charge in [0.25, 0.3) is 5.91 Å². The number of hydrogen-bond acceptors (Lipinski definition) is 5. The van der Waals surface area contributed by atoms with Crippen molar-refractivity contribution in [2.24, 2.45) is 0 Å². The van der Waals surface area contributed by atoms with Crippen LogP contribution < -0.4 is 10.1 Å². The molecule has 30 heavy (non-hydrogen) atoms. The SMILES string of the molecule is Cc1ccc(OCc2nc(CN3C(=O)NC(C)(c4cccc(Cl)c4)C3=O)cs2)cc1. The Bertz CT molecular complexity index is 1100. The second-order valence-corrected chi connectivity index (χ2v) is 8.67. The zero-order chi connectivity index (χ0) is 21.3. The quantitative estimate of drug-likeness (QED) is 0.565. The number of nitrogens with one attached hydrogen (secondary N) is 1. The molecule has 1 aliphatic heterocycles. The molecule has 0 bridgehead atoms. The molecule has 8 heteroatoms. The van der Waals surface area contributed by atoms with E-state index in [9.17, 15) is 9.59 Å². The first-order valence-corrected chi connectivity index (χ1v) is 10.6. The second-order valence-electron chi connectivity index (χ2n) is 7.29. The van der Waals surface area contributed by atoms with Crippen molar-refractivity contribution in [1.29, 1.82) is 0 Å². The number of ether oxygens (including phenoxy) is 1. The average Bonchev–Trinajstić information content (AvgIpc) is 3.26. The van der Waals surface area contributed by atoms with Crippen LogP contribution in [-0.4, -0.2) is 21.8 Å². The maximum atomic E-state index is 13.0. The summed E-state index contributed by atoms with van der Waals surface area (Å²) in [6, 6.07) is 14.3. The highest BCUT2D eigenvalue weighted by atomic mass is 35.5. The number of aryl methyl sites for hydroxylation is 1. The molecule has 1 saturated heterocycles. The molecular formula is C22H20ClN3O3S. The Kier molecular flexibility index (Phi) is 5.49. The molecule has 1 aliphatic rings. The largest absolute Gasteiger partial charge is 0.486 e. The monoisotopic (exact) mass is 441 g/mol. The number of imide groups is 1. The van der Waals surface area contributed by atoms with E-state index in [4.69, 9.17) is 16.3 Å². The summed E-state index contributed by atoms with van der Waals surface area (Å²) in [7, 11) is 0. The number of halogens is 1. The zero-order valence-electron chi connectivity index (χ0n) is 16.5. The first kappa shape index (κ1) is 20.4. The van der Waals surface area contributed by atoms with Crippen molar-refractivity contribution in [3.05, 3.63) is 80.8 Å². The highest BCUT2D eigenvalue weighted by Gasteiger charge is 2.49. The molecule has 1 unspecified atom stereocenters. The summed E-state index contributed by atoms with van der Waals surface area (Å²) in [5.41, 5.74) is 1.29. The predicted molar refractivity (Wildman–Crippen MR) is 116 cm³/mol. The van der Waals surface area contributed by atoms with Crippen molar-refractivity contribution in [3.8, 4) is 5.75 Å². The van der Waals surface area contributed by atoms with Crippen molar-refractivity contribution in [2.45, 2.75) is 32.5 Å². The van der Waals surface area contributed by atoms with Crippen LogP contribution in [0.4, 0.5) is 4.79 Å². The van der Waals surface area contributed by atoms with Gasteiger partial charge in [0.1, 0.15) is 22.9 Å². The van der Waals surface area contributed by atoms with Gasteiger partial charge in [-0.15, -0.1) is 11.3 Å². The Hall–Kier alpha value is -2.90. The smallest absolute Gasteiger partial charge is 0.325 e. The third-order valence-corrected chi connectivity index (χ3v) is 6.09. The number of amides is 3. The van der Waals surface area contributed by atoms with Crippen LogP contribution in [0.15, 0.2) is 53.9 Å². The third-order valence-electron chi connectivity index (χ3n) is 4.98. The van der Waals surface area contributed by atoms with Crippen LogP contribution in [0.3, 0.4) is 0 Å². The first-order valence-electron chi connectivity index (χ1n) is 9.38. The lowest BCUT2D eigenvalue weighted by Crippen LogP contribution is -2.40. The van der Waals surface area contributed by atoms with Gasteiger partial charge in [-0.3, -0.25) is 9.69 Å². The van der Waals surface area contributed by atoms with Crippen LogP contribution in [0, 0.1) is 6.92 Å². The summed E-state index contributed by atoms with van der Waals surface area (Å²) in [5, 5.41) is 5.90. The Morgan fingerprint density at radius 1 is 1.20 bits per heavy atom. The second kappa shape index (κ2) is 8.08. The molecule has 2 heterocycles. The Labute approximate surface area is 183 Å². The first-order chi connectivity index (χ1) is 14.3. The minimum atomic E-state index is -1.16. The number of hydrogen-bond donors (Lipinski definition) is 1. The van der Waals surface area contributed by atoms with Crippen LogP contribution >= 0.6 is 22.9 Å². The van der Waals surface area contributed by atoms with Crippen molar-refractivity contribution in [3.63, 3.8) is 0 Å². The van der Waals surface area contributed by atoms with Gasteiger partial charge in [-0.1, -0.05) is 41.4 Å². The molecule has 4 rings (SSSR count).